The van der Waals surface area contributed by atoms with Crippen LogP contribution in [0.15, 0.2) is 72.8 Å². The SMILES string of the molecule is O=C(CN1CC(=O)Oc2ccc(Cl)cc21)Nc1ccc(Oc2ccccc2)cc1. The summed E-state index contributed by atoms with van der Waals surface area (Å²) in [6, 6.07) is 21.4. The Morgan fingerprint density at radius 3 is 2.52 bits per heavy atom. The third-order valence-corrected chi connectivity index (χ3v) is 4.49. The molecule has 3 aromatic carbocycles. The van der Waals surface area contributed by atoms with Gasteiger partial charge in [-0.2, -0.15) is 0 Å². The number of halogens is 1. The lowest BCUT2D eigenvalue weighted by Gasteiger charge is -2.29. The lowest BCUT2D eigenvalue weighted by molar-refractivity contribution is -0.133. The molecule has 0 fully saturated rings. The predicted octanol–water partition coefficient (Wildman–Crippen LogP) is 4.50. The topological polar surface area (TPSA) is 67.9 Å². The van der Waals surface area contributed by atoms with Crippen LogP contribution < -0.4 is 19.7 Å². The largest absolute Gasteiger partial charge is 0.457 e. The van der Waals surface area contributed by atoms with Crippen molar-refractivity contribution in [2.24, 2.45) is 0 Å². The van der Waals surface area contributed by atoms with Gasteiger partial charge in [0.05, 0.1) is 12.2 Å². The van der Waals surface area contributed by atoms with Crippen molar-refractivity contribution < 1.29 is 19.1 Å². The Morgan fingerprint density at radius 1 is 1.03 bits per heavy atom. The number of nitrogens with one attached hydrogen (secondary N) is 1. The van der Waals surface area contributed by atoms with Gasteiger partial charge in [-0.3, -0.25) is 4.79 Å². The van der Waals surface area contributed by atoms with Crippen LogP contribution in [0.25, 0.3) is 0 Å². The van der Waals surface area contributed by atoms with Gasteiger partial charge in [-0.25, -0.2) is 4.79 Å². The lowest BCUT2D eigenvalue weighted by atomic mass is 10.2. The Labute approximate surface area is 172 Å². The molecule has 1 aliphatic rings. The molecule has 146 valence electrons. The van der Waals surface area contributed by atoms with E-state index < -0.39 is 5.97 Å². The molecule has 0 unspecified atom stereocenters. The van der Waals surface area contributed by atoms with E-state index in [9.17, 15) is 9.59 Å². The zero-order valence-corrected chi connectivity index (χ0v) is 16.1. The first kappa shape index (κ1) is 18.8. The highest BCUT2D eigenvalue weighted by Gasteiger charge is 2.26. The first-order valence-corrected chi connectivity index (χ1v) is 9.32. The number of hydrogen-bond acceptors (Lipinski definition) is 5. The molecule has 0 saturated carbocycles. The summed E-state index contributed by atoms with van der Waals surface area (Å²) in [7, 11) is 0. The van der Waals surface area contributed by atoms with Crippen LogP contribution in [0.1, 0.15) is 0 Å². The Hall–Kier alpha value is -3.51. The van der Waals surface area contributed by atoms with Crippen LogP contribution in [0.5, 0.6) is 17.2 Å². The van der Waals surface area contributed by atoms with E-state index in [1.165, 1.54) is 0 Å². The van der Waals surface area contributed by atoms with Gasteiger partial charge in [-0.05, 0) is 54.6 Å². The van der Waals surface area contributed by atoms with Crippen LogP contribution in [0.3, 0.4) is 0 Å². The van der Waals surface area contributed by atoms with Crippen LogP contribution in [-0.2, 0) is 9.59 Å². The number of carbonyl (C=O) groups excluding carboxylic acids is 2. The van der Waals surface area contributed by atoms with Crippen molar-refractivity contribution in [1.29, 1.82) is 0 Å². The van der Waals surface area contributed by atoms with Gasteiger partial charge in [-0.1, -0.05) is 29.8 Å². The molecule has 1 heterocycles. The Morgan fingerprint density at radius 2 is 1.76 bits per heavy atom. The number of esters is 1. The minimum Gasteiger partial charge on any atom is -0.457 e. The summed E-state index contributed by atoms with van der Waals surface area (Å²) in [5, 5.41) is 3.32. The smallest absolute Gasteiger partial charge is 0.331 e. The molecule has 0 bridgehead atoms. The molecule has 4 rings (SSSR count). The van der Waals surface area contributed by atoms with Gasteiger partial charge in [0, 0.05) is 10.7 Å². The highest BCUT2D eigenvalue weighted by molar-refractivity contribution is 6.31. The maximum Gasteiger partial charge on any atom is 0.331 e. The average Bonchev–Trinajstić information content (AvgIpc) is 2.71. The summed E-state index contributed by atoms with van der Waals surface area (Å²) in [5.74, 6) is 1.10. The van der Waals surface area contributed by atoms with E-state index in [0.29, 0.717) is 27.9 Å². The molecule has 0 radical (unpaired) electrons. The van der Waals surface area contributed by atoms with Crippen molar-refractivity contribution >= 4 is 34.9 Å². The van der Waals surface area contributed by atoms with Crippen LogP contribution in [0.2, 0.25) is 5.02 Å². The normalized spacial score (nSPS) is 12.7. The number of para-hydroxylation sites is 1. The van der Waals surface area contributed by atoms with E-state index in [-0.39, 0.29) is 19.0 Å². The van der Waals surface area contributed by atoms with Gasteiger partial charge in [0.15, 0.2) is 5.75 Å². The van der Waals surface area contributed by atoms with Crippen molar-refractivity contribution in [2.75, 3.05) is 23.3 Å². The molecule has 1 aliphatic heterocycles. The molecular weight excluding hydrogens is 392 g/mol. The second kappa shape index (κ2) is 8.24. The highest BCUT2D eigenvalue weighted by Crippen LogP contribution is 2.34. The number of carbonyl (C=O) groups is 2. The fourth-order valence-electron chi connectivity index (χ4n) is 2.97. The Balaban J connectivity index is 1.40. The summed E-state index contributed by atoms with van der Waals surface area (Å²) < 4.78 is 10.9. The molecule has 7 heteroatoms. The van der Waals surface area contributed by atoms with Crippen molar-refractivity contribution in [2.45, 2.75) is 0 Å². The summed E-state index contributed by atoms with van der Waals surface area (Å²) in [6.07, 6.45) is 0. The van der Waals surface area contributed by atoms with E-state index in [0.717, 1.165) is 5.75 Å². The van der Waals surface area contributed by atoms with Crippen molar-refractivity contribution in [3.63, 3.8) is 0 Å². The number of rotatable bonds is 5. The third kappa shape index (κ3) is 4.67. The molecule has 29 heavy (non-hydrogen) atoms. The second-order valence-electron chi connectivity index (χ2n) is 6.43. The van der Waals surface area contributed by atoms with Crippen LogP contribution in [0, 0.1) is 0 Å². The van der Waals surface area contributed by atoms with E-state index in [1.807, 2.05) is 30.3 Å². The summed E-state index contributed by atoms with van der Waals surface area (Å²) in [6.45, 7) is -0.0324. The summed E-state index contributed by atoms with van der Waals surface area (Å²) in [4.78, 5) is 25.9. The van der Waals surface area contributed by atoms with Crippen LogP contribution in [-0.4, -0.2) is 25.0 Å². The maximum absolute atomic E-state index is 12.5. The Bertz CT molecular complexity index is 1040. The van der Waals surface area contributed by atoms with E-state index in [4.69, 9.17) is 21.1 Å². The van der Waals surface area contributed by atoms with Crippen LogP contribution in [0.4, 0.5) is 11.4 Å². The van der Waals surface area contributed by atoms with Crippen molar-refractivity contribution in [3.8, 4) is 17.2 Å². The molecule has 0 spiro atoms. The van der Waals surface area contributed by atoms with Gasteiger partial charge < -0.3 is 19.7 Å². The first-order chi connectivity index (χ1) is 14.1. The molecule has 0 saturated heterocycles. The molecule has 3 aromatic rings. The minimum atomic E-state index is -0.421. The molecule has 1 N–H and O–H groups in total. The van der Waals surface area contributed by atoms with E-state index in [2.05, 4.69) is 5.32 Å². The number of ether oxygens (including phenoxy) is 2. The lowest BCUT2D eigenvalue weighted by Crippen LogP contribution is -2.41. The second-order valence-corrected chi connectivity index (χ2v) is 6.87. The number of nitrogens with zero attached hydrogens (tertiary/aromatic N) is 1. The van der Waals surface area contributed by atoms with Crippen molar-refractivity contribution in [3.05, 3.63) is 77.8 Å². The van der Waals surface area contributed by atoms with Gasteiger partial charge in [0.25, 0.3) is 0 Å². The molecule has 0 atom stereocenters. The molecule has 6 nitrogen and oxygen atoms in total. The van der Waals surface area contributed by atoms with Gasteiger partial charge in [-0.15, -0.1) is 0 Å². The van der Waals surface area contributed by atoms with E-state index in [1.54, 1.807) is 47.4 Å². The minimum absolute atomic E-state index is 0.00922. The fourth-order valence-corrected chi connectivity index (χ4v) is 3.13. The molecule has 0 aliphatic carbocycles. The maximum atomic E-state index is 12.5. The molecule has 1 amide bonds. The quantitative estimate of drug-likeness (QED) is 0.497. The third-order valence-electron chi connectivity index (χ3n) is 4.26. The zero-order valence-electron chi connectivity index (χ0n) is 15.3. The standard InChI is InChI=1S/C22H17ClN2O4/c23-15-6-11-20-19(12-15)25(14-22(27)29-20)13-21(26)24-16-7-9-18(10-8-16)28-17-4-2-1-3-5-17/h1-12H,13-14H2,(H,24,26). The monoisotopic (exact) mass is 408 g/mol. The fraction of sp³-hybridized carbons (Fsp3) is 0.0909. The Kier molecular flexibility index (Phi) is 5.35. The number of fused-ring (bicyclic) bond motifs is 1. The number of benzene rings is 3. The number of anilines is 2. The summed E-state index contributed by atoms with van der Waals surface area (Å²) >= 11 is 6.04. The number of hydrogen-bond donors (Lipinski definition) is 1. The van der Waals surface area contributed by atoms with E-state index >= 15 is 0 Å². The predicted molar refractivity (Wildman–Crippen MR) is 111 cm³/mol. The zero-order chi connectivity index (χ0) is 20.2. The van der Waals surface area contributed by atoms with Gasteiger partial charge >= 0.3 is 5.97 Å². The highest BCUT2D eigenvalue weighted by atomic mass is 35.5. The average molecular weight is 409 g/mol. The van der Waals surface area contributed by atoms with Crippen LogP contribution >= 0.6 is 11.6 Å². The number of amides is 1. The first-order valence-electron chi connectivity index (χ1n) is 8.95. The summed E-state index contributed by atoms with van der Waals surface area (Å²) in [5.41, 5.74) is 1.24. The molecule has 0 aromatic heterocycles. The van der Waals surface area contributed by atoms with Gasteiger partial charge in [0.2, 0.25) is 5.91 Å². The van der Waals surface area contributed by atoms with Gasteiger partial charge in [0.1, 0.15) is 18.0 Å². The molecular formula is C22H17ClN2O4. The van der Waals surface area contributed by atoms with Crippen molar-refractivity contribution in [1.82, 2.24) is 0 Å².